The summed E-state index contributed by atoms with van der Waals surface area (Å²) >= 11 is 6.00. The number of hydrogen-bond donors (Lipinski definition) is 1. The van der Waals surface area contributed by atoms with Crippen LogP contribution in [0, 0.1) is 0 Å². The van der Waals surface area contributed by atoms with Crippen LogP contribution in [0.25, 0.3) is 0 Å². The van der Waals surface area contributed by atoms with E-state index in [9.17, 15) is 9.90 Å². The average Bonchev–Trinajstić information content (AvgIpc) is 2.56. The monoisotopic (exact) mass is 334 g/mol. The molecule has 0 saturated carbocycles. The van der Waals surface area contributed by atoms with E-state index in [0.717, 1.165) is 17.5 Å². The van der Waals surface area contributed by atoms with E-state index in [1.165, 1.54) is 7.11 Å². The summed E-state index contributed by atoms with van der Waals surface area (Å²) in [6.07, 6.45) is 1.17. The number of benzene rings is 2. The maximum atomic E-state index is 11.4. The van der Waals surface area contributed by atoms with Crippen LogP contribution in [-0.4, -0.2) is 30.2 Å². The normalized spacial score (nSPS) is 11.7. The number of hydrogen-bond acceptors (Lipinski definition) is 4. The third kappa shape index (κ3) is 5.49. The van der Waals surface area contributed by atoms with Crippen LogP contribution < -0.4 is 4.74 Å². The standard InChI is InChI=1S/C18H19ClO4/c1-22-18(21)17(19)12-14-4-2-3-13(11-14)9-10-23-16-7-5-15(20)6-8-16/h2-8,11,17,20H,9-10,12H2,1H3. The quantitative estimate of drug-likeness (QED) is 0.623. The highest BCUT2D eigenvalue weighted by Crippen LogP contribution is 2.17. The molecule has 0 bridgehead atoms. The Morgan fingerprint density at radius 1 is 1.17 bits per heavy atom. The largest absolute Gasteiger partial charge is 0.508 e. The van der Waals surface area contributed by atoms with Crippen LogP contribution in [0.15, 0.2) is 48.5 Å². The lowest BCUT2D eigenvalue weighted by Crippen LogP contribution is -2.18. The summed E-state index contributed by atoms with van der Waals surface area (Å²) in [6.45, 7) is 0.523. The summed E-state index contributed by atoms with van der Waals surface area (Å²) in [6, 6.07) is 14.5. The molecule has 0 saturated heterocycles. The van der Waals surface area contributed by atoms with Gasteiger partial charge in [0, 0.05) is 6.42 Å². The fourth-order valence-corrected chi connectivity index (χ4v) is 2.43. The number of phenolic OH excluding ortho intramolecular Hbond substituents is 1. The Morgan fingerprint density at radius 2 is 1.87 bits per heavy atom. The van der Waals surface area contributed by atoms with Crippen molar-refractivity contribution in [3.63, 3.8) is 0 Å². The molecule has 1 N–H and O–H groups in total. The van der Waals surface area contributed by atoms with Gasteiger partial charge in [-0.15, -0.1) is 11.6 Å². The van der Waals surface area contributed by atoms with Gasteiger partial charge in [0.25, 0.3) is 0 Å². The first-order chi connectivity index (χ1) is 11.1. The van der Waals surface area contributed by atoms with Crippen molar-refractivity contribution in [1.82, 2.24) is 0 Å². The number of carbonyl (C=O) groups excluding carboxylic acids is 1. The molecule has 2 aromatic carbocycles. The molecule has 0 spiro atoms. The van der Waals surface area contributed by atoms with E-state index in [4.69, 9.17) is 16.3 Å². The molecule has 5 heteroatoms. The molecule has 0 aliphatic heterocycles. The van der Waals surface area contributed by atoms with Crippen molar-refractivity contribution in [1.29, 1.82) is 0 Å². The van der Waals surface area contributed by atoms with Crippen LogP contribution in [0.5, 0.6) is 11.5 Å². The molecule has 1 atom stereocenters. The molecule has 2 aromatic rings. The van der Waals surface area contributed by atoms with E-state index in [1.807, 2.05) is 24.3 Å². The molecular weight excluding hydrogens is 316 g/mol. The van der Waals surface area contributed by atoms with Gasteiger partial charge in [0.15, 0.2) is 0 Å². The maximum absolute atomic E-state index is 11.4. The fraction of sp³-hybridized carbons (Fsp3) is 0.278. The van der Waals surface area contributed by atoms with Crippen LogP contribution in [-0.2, 0) is 22.4 Å². The van der Waals surface area contributed by atoms with Gasteiger partial charge >= 0.3 is 5.97 Å². The molecule has 1 unspecified atom stereocenters. The molecule has 122 valence electrons. The van der Waals surface area contributed by atoms with Crippen molar-refractivity contribution in [3.05, 3.63) is 59.7 Å². The highest BCUT2D eigenvalue weighted by molar-refractivity contribution is 6.30. The van der Waals surface area contributed by atoms with Gasteiger partial charge in [0.2, 0.25) is 0 Å². The van der Waals surface area contributed by atoms with Gasteiger partial charge in [0.1, 0.15) is 16.9 Å². The Hall–Kier alpha value is -2.20. The van der Waals surface area contributed by atoms with E-state index in [-0.39, 0.29) is 5.75 Å². The minimum atomic E-state index is -0.677. The van der Waals surface area contributed by atoms with E-state index in [0.29, 0.717) is 18.8 Å². The number of methoxy groups -OCH3 is 1. The Kier molecular flexibility index (Phi) is 6.29. The molecule has 0 radical (unpaired) electrons. The second kappa shape index (κ2) is 8.44. The van der Waals surface area contributed by atoms with Crippen LogP contribution in [0.1, 0.15) is 11.1 Å². The van der Waals surface area contributed by atoms with Crippen molar-refractivity contribution >= 4 is 17.6 Å². The zero-order chi connectivity index (χ0) is 16.7. The number of aromatic hydroxyl groups is 1. The van der Waals surface area contributed by atoms with Gasteiger partial charge in [-0.3, -0.25) is 4.79 Å². The van der Waals surface area contributed by atoms with Gasteiger partial charge in [0.05, 0.1) is 13.7 Å². The van der Waals surface area contributed by atoms with Crippen LogP contribution in [0.2, 0.25) is 0 Å². The second-order valence-electron chi connectivity index (χ2n) is 5.11. The molecule has 4 nitrogen and oxygen atoms in total. The lowest BCUT2D eigenvalue weighted by atomic mass is 10.0. The summed E-state index contributed by atoms with van der Waals surface area (Å²) in [4.78, 5) is 11.4. The lowest BCUT2D eigenvalue weighted by molar-refractivity contribution is -0.140. The number of esters is 1. The van der Waals surface area contributed by atoms with Gasteiger partial charge in [-0.25, -0.2) is 0 Å². The molecule has 0 aromatic heterocycles. The Balaban J connectivity index is 1.87. The van der Waals surface area contributed by atoms with E-state index in [1.54, 1.807) is 24.3 Å². The Morgan fingerprint density at radius 3 is 2.57 bits per heavy atom. The molecule has 23 heavy (non-hydrogen) atoms. The number of ether oxygens (including phenoxy) is 2. The number of rotatable bonds is 7. The van der Waals surface area contributed by atoms with Crippen LogP contribution in [0.3, 0.4) is 0 Å². The van der Waals surface area contributed by atoms with Crippen molar-refractivity contribution in [2.24, 2.45) is 0 Å². The topological polar surface area (TPSA) is 55.8 Å². The summed E-state index contributed by atoms with van der Waals surface area (Å²) < 4.78 is 10.3. The first-order valence-corrected chi connectivity index (χ1v) is 7.73. The van der Waals surface area contributed by atoms with E-state index < -0.39 is 11.3 Å². The number of alkyl halides is 1. The summed E-state index contributed by atoms with van der Waals surface area (Å²) in [7, 11) is 1.33. The molecule has 0 fully saturated rings. The molecule has 0 aliphatic rings. The zero-order valence-corrected chi connectivity index (χ0v) is 13.6. The second-order valence-corrected chi connectivity index (χ2v) is 5.63. The van der Waals surface area contributed by atoms with Crippen molar-refractivity contribution < 1.29 is 19.4 Å². The first kappa shape index (κ1) is 17.2. The molecule has 2 rings (SSSR count). The first-order valence-electron chi connectivity index (χ1n) is 7.30. The highest BCUT2D eigenvalue weighted by Gasteiger charge is 2.16. The van der Waals surface area contributed by atoms with E-state index >= 15 is 0 Å². The third-order valence-corrected chi connectivity index (χ3v) is 3.69. The summed E-state index contributed by atoms with van der Waals surface area (Å²) in [5.41, 5.74) is 2.09. The fourth-order valence-electron chi connectivity index (χ4n) is 2.16. The van der Waals surface area contributed by atoms with Gasteiger partial charge in [-0.05, 0) is 41.8 Å². The van der Waals surface area contributed by atoms with Crippen molar-refractivity contribution in [3.8, 4) is 11.5 Å². The molecule has 0 heterocycles. The summed E-state index contributed by atoms with van der Waals surface area (Å²) in [5.74, 6) is 0.504. The Bertz CT molecular complexity index is 640. The Labute approximate surface area is 140 Å². The van der Waals surface area contributed by atoms with Crippen molar-refractivity contribution in [2.75, 3.05) is 13.7 Å². The predicted octanol–water partition coefficient (Wildman–Crippen LogP) is 3.34. The molecular formula is C18H19ClO4. The minimum absolute atomic E-state index is 0.214. The van der Waals surface area contributed by atoms with Gasteiger partial charge < -0.3 is 14.6 Å². The zero-order valence-electron chi connectivity index (χ0n) is 12.9. The van der Waals surface area contributed by atoms with Crippen LogP contribution in [0.4, 0.5) is 0 Å². The average molecular weight is 335 g/mol. The lowest BCUT2D eigenvalue weighted by Gasteiger charge is -2.10. The minimum Gasteiger partial charge on any atom is -0.508 e. The van der Waals surface area contributed by atoms with Crippen molar-refractivity contribution in [2.45, 2.75) is 18.2 Å². The van der Waals surface area contributed by atoms with Gasteiger partial charge in [-0.1, -0.05) is 24.3 Å². The maximum Gasteiger partial charge on any atom is 0.324 e. The predicted molar refractivity (Wildman–Crippen MR) is 89.1 cm³/mol. The SMILES string of the molecule is COC(=O)C(Cl)Cc1cccc(CCOc2ccc(O)cc2)c1. The number of halogens is 1. The molecule has 0 amide bonds. The summed E-state index contributed by atoms with van der Waals surface area (Å²) in [5, 5.41) is 8.54. The van der Waals surface area contributed by atoms with Gasteiger partial charge in [-0.2, -0.15) is 0 Å². The number of carbonyl (C=O) groups is 1. The molecule has 0 aliphatic carbocycles. The third-order valence-electron chi connectivity index (χ3n) is 3.36. The van der Waals surface area contributed by atoms with E-state index in [2.05, 4.69) is 4.74 Å². The smallest absolute Gasteiger partial charge is 0.324 e. The highest BCUT2D eigenvalue weighted by atomic mass is 35.5. The van der Waals surface area contributed by atoms with Crippen LogP contribution >= 0.6 is 11.6 Å². The number of phenols is 1.